The van der Waals surface area contributed by atoms with Crippen LogP contribution in [0.5, 0.6) is 0 Å². The Morgan fingerprint density at radius 3 is 2.40 bits per heavy atom. The molecule has 0 spiro atoms. The van der Waals surface area contributed by atoms with E-state index >= 15 is 0 Å². The Morgan fingerprint density at radius 2 is 1.95 bits per heavy atom. The largest absolute Gasteiger partial charge is 0.357 e. The van der Waals surface area contributed by atoms with Crippen LogP contribution < -0.4 is 10.6 Å². The molecule has 20 heavy (non-hydrogen) atoms. The van der Waals surface area contributed by atoms with Crippen LogP contribution in [0.25, 0.3) is 0 Å². The average Bonchev–Trinajstić information content (AvgIpc) is 2.67. The van der Waals surface area contributed by atoms with Gasteiger partial charge < -0.3 is 15.2 Å². The summed E-state index contributed by atoms with van der Waals surface area (Å²) < 4.78 is 1.96. The van der Waals surface area contributed by atoms with Crippen molar-refractivity contribution in [3.63, 3.8) is 0 Å². The number of aliphatic imine (C=N–C) groups is 1. The first kappa shape index (κ1) is 19.1. The lowest BCUT2D eigenvalue weighted by Crippen LogP contribution is -2.44. The van der Waals surface area contributed by atoms with Crippen LogP contribution in [0.1, 0.15) is 39.3 Å². The van der Waals surface area contributed by atoms with Gasteiger partial charge in [-0.05, 0) is 26.7 Å². The van der Waals surface area contributed by atoms with Gasteiger partial charge in [-0.2, -0.15) is 0 Å². The van der Waals surface area contributed by atoms with Crippen LogP contribution in [0, 0.1) is 12.8 Å². The molecule has 6 nitrogen and oxygen atoms in total. The summed E-state index contributed by atoms with van der Waals surface area (Å²) in [5, 5.41) is 14.8. The highest BCUT2D eigenvalue weighted by molar-refractivity contribution is 14.0. The quantitative estimate of drug-likeness (QED) is 0.455. The van der Waals surface area contributed by atoms with Crippen molar-refractivity contribution in [3.05, 3.63) is 11.6 Å². The molecule has 2 N–H and O–H groups in total. The normalized spacial score (nSPS) is 13.1. The molecule has 0 bridgehead atoms. The van der Waals surface area contributed by atoms with Crippen LogP contribution in [-0.4, -0.2) is 33.3 Å². The average molecular weight is 394 g/mol. The maximum Gasteiger partial charge on any atom is 0.191 e. The minimum atomic E-state index is 0. The molecule has 1 atom stereocenters. The Morgan fingerprint density at radius 1 is 1.30 bits per heavy atom. The summed E-state index contributed by atoms with van der Waals surface area (Å²) in [6.45, 7) is 11.9. The summed E-state index contributed by atoms with van der Waals surface area (Å²) >= 11 is 0. The molecule has 0 saturated heterocycles. The third-order valence-electron chi connectivity index (χ3n) is 3.27. The van der Waals surface area contributed by atoms with Crippen LogP contribution >= 0.6 is 24.0 Å². The van der Waals surface area contributed by atoms with Gasteiger partial charge in [0.2, 0.25) is 0 Å². The van der Waals surface area contributed by atoms with Crippen LogP contribution in [0.4, 0.5) is 0 Å². The van der Waals surface area contributed by atoms with Gasteiger partial charge in [-0.25, -0.2) is 4.99 Å². The fraction of sp³-hybridized carbons (Fsp3) is 0.769. The number of halogens is 1. The van der Waals surface area contributed by atoms with Crippen molar-refractivity contribution in [2.75, 3.05) is 6.54 Å². The second-order valence-electron chi connectivity index (χ2n) is 5.09. The summed E-state index contributed by atoms with van der Waals surface area (Å²) in [7, 11) is 1.96. The Balaban J connectivity index is 0.00000361. The number of hydrogen-bond donors (Lipinski definition) is 2. The Bertz CT molecular complexity index is 426. The van der Waals surface area contributed by atoms with Crippen molar-refractivity contribution in [2.45, 2.75) is 47.2 Å². The molecule has 0 aliphatic rings. The molecule has 116 valence electrons. The Labute approximate surface area is 138 Å². The number of rotatable bonds is 5. The molecular formula is C13H27IN6. The molecule has 0 fully saturated rings. The van der Waals surface area contributed by atoms with Crippen molar-refractivity contribution < 1.29 is 0 Å². The zero-order valence-corrected chi connectivity index (χ0v) is 15.6. The molecular weight excluding hydrogens is 367 g/mol. The highest BCUT2D eigenvalue weighted by Crippen LogP contribution is 2.01. The van der Waals surface area contributed by atoms with Gasteiger partial charge in [0.1, 0.15) is 12.4 Å². The van der Waals surface area contributed by atoms with Gasteiger partial charge >= 0.3 is 0 Å². The van der Waals surface area contributed by atoms with Gasteiger partial charge in [-0.15, -0.1) is 34.2 Å². The second kappa shape index (κ2) is 9.15. The lowest BCUT2D eigenvalue weighted by atomic mass is 10.1. The molecule has 1 heterocycles. The SMILES string of the molecule is CCNC(=NCc1nnc(C)n1C)NC(C)C(C)C.I. The van der Waals surface area contributed by atoms with E-state index in [0.29, 0.717) is 18.5 Å². The van der Waals surface area contributed by atoms with E-state index in [4.69, 9.17) is 0 Å². The Hall–Kier alpha value is -0.860. The standard InChI is InChI=1S/C13H26N6.HI/c1-7-14-13(16-10(4)9(2)3)15-8-12-18-17-11(5)19(12)6;/h9-10H,7-8H2,1-6H3,(H2,14,15,16);1H. The molecule has 1 unspecified atom stereocenters. The lowest BCUT2D eigenvalue weighted by molar-refractivity contribution is 0.480. The molecule has 7 heteroatoms. The maximum absolute atomic E-state index is 4.55. The summed E-state index contributed by atoms with van der Waals surface area (Å²) in [6.07, 6.45) is 0. The summed E-state index contributed by atoms with van der Waals surface area (Å²) in [4.78, 5) is 4.55. The first-order valence-corrected chi connectivity index (χ1v) is 6.85. The van der Waals surface area contributed by atoms with Gasteiger partial charge in [-0.3, -0.25) is 0 Å². The molecule has 1 aromatic heterocycles. The van der Waals surface area contributed by atoms with E-state index < -0.39 is 0 Å². The zero-order valence-electron chi connectivity index (χ0n) is 13.3. The first-order valence-electron chi connectivity index (χ1n) is 6.85. The molecule has 0 radical (unpaired) electrons. The smallest absolute Gasteiger partial charge is 0.191 e. The minimum Gasteiger partial charge on any atom is -0.357 e. The molecule has 0 aliphatic heterocycles. The van der Waals surface area contributed by atoms with E-state index in [2.05, 4.69) is 53.5 Å². The summed E-state index contributed by atoms with van der Waals surface area (Å²) in [6, 6.07) is 0.374. The topological polar surface area (TPSA) is 67.1 Å². The number of aryl methyl sites for hydroxylation is 1. The molecule has 0 aromatic carbocycles. The van der Waals surface area contributed by atoms with Crippen molar-refractivity contribution >= 4 is 29.9 Å². The number of nitrogens with one attached hydrogen (secondary N) is 2. The highest BCUT2D eigenvalue weighted by Gasteiger charge is 2.09. The van der Waals surface area contributed by atoms with Crippen LogP contribution in [0.15, 0.2) is 4.99 Å². The number of aromatic nitrogens is 3. The highest BCUT2D eigenvalue weighted by atomic mass is 127. The van der Waals surface area contributed by atoms with Crippen molar-refractivity contribution in [1.82, 2.24) is 25.4 Å². The van der Waals surface area contributed by atoms with Crippen molar-refractivity contribution in [2.24, 2.45) is 18.0 Å². The fourth-order valence-corrected chi connectivity index (χ4v) is 1.44. The predicted molar refractivity (Wildman–Crippen MR) is 93.4 cm³/mol. The molecule has 0 saturated carbocycles. The number of guanidine groups is 1. The predicted octanol–water partition coefficient (Wildman–Crippen LogP) is 1.84. The molecule has 1 rings (SSSR count). The van der Waals surface area contributed by atoms with Gasteiger partial charge in [0.05, 0.1) is 0 Å². The van der Waals surface area contributed by atoms with E-state index in [9.17, 15) is 0 Å². The third kappa shape index (κ3) is 5.64. The fourth-order valence-electron chi connectivity index (χ4n) is 1.44. The monoisotopic (exact) mass is 394 g/mol. The Kier molecular flexibility index (Phi) is 8.75. The maximum atomic E-state index is 4.55. The molecule has 0 amide bonds. The van der Waals surface area contributed by atoms with Gasteiger partial charge in [0.15, 0.2) is 11.8 Å². The van der Waals surface area contributed by atoms with E-state index in [-0.39, 0.29) is 24.0 Å². The van der Waals surface area contributed by atoms with Gasteiger partial charge in [-0.1, -0.05) is 13.8 Å². The van der Waals surface area contributed by atoms with E-state index in [1.54, 1.807) is 0 Å². The van der Waals surface area contributed by atoms with E-state index in [1.165, 1.54) is 0 Å². The zero-order chi connectivity index (χ0) is 14.4. The molecule has 1 aromatic rings. The van der Waals surface area contributed by atoms with E-state index in [0.717, 1.165) is 24.2 Å². The summed E-state index contributed by atoms with van der Waals surface area (Å²) in [5.41, 5.74) is 0. The third-order valence-corrected chi connectivity index (χ3v) is 3.27. The number of nitrogens with zero attached hydrogens (tertiary/aromatic N) is 4. The summed E-state index contributed by atoms with van der Waals surface area (Å²) in [5.74, 6) is 3.15. The van der Waals surface area contributed by atoms with Crippen molar-refractivity contribution in [3.8, 4) is 0 Å². The van der Waals surface area contributed by atoms with Gasteiger partial charge in [0.25, 0.3) is 0 Å². The first-order chi connectivity index (χ1) is 8.95. The molecule has 0 aliphatic carbocycles. The number of hydrogen-bond acceptors (Lipinski definition) is 3. The van der Waals surface area contributed by atoms with Crippen LogP contribution in [-0.2, 0) is 13.6 Å². The lowest BCUT2D eigenvalue weighted by Gasteiger charge is -2.20. The van der Waals surface area contributed by atoms with Crippen molar-refractivity contribution in [1.29, 1.82) is 0 Å². The second-order valence-corrected chi connectivity index (χ2v) is 5.09. The van der Waals surface area contributed by atoms with E-state index in [1.807, 2.05) is 18.5 Å². The van der Waals surface area contributed by atoms with Crippen LogP contribution in [0.2, 0.25) is 0 Å². The van der Waals surface area contributed by atoms with Gasteiger partial charge in [0, 0.05) is 19.6 Å². The minimum absolute atomic E-state index is 0. The van der Waals surface area contributed by atoms with Crippen LogP contribution in [0.3, 0.4) is 0 Å².